The third-order valence-corrected chi connectivity index (χ3v) is 4.40. The first-order chi connectivity index (χ1) is 8.80. The Bertz CT molecular complexity index is 493. The molecule has 0 amide bonds. The summed E-state index contributed by atoms with van der Waals surface area (Å²) in [5.74, 6) is 0.493. The Morgan fingerprint density at radius 2 is 1.89 bits per heavy atom. The Hall–Kier alpha value is -0.570. The van der Waals surface area contributed by atoms with Crippen LogP contribution in [0.2, 0.25) is 10.0 Å². The third-order valence-electron chi connectivity index (χ3n) is 3.66. The van der Waals surface area contributed by atoms with Crippen LogP contribution in [0.5, 0.6) is 0 Å². The summed E-state index contributed by atoms with van der Waals surface area (Å²) in [7, 11) is 0. The van der Waals surface area contributed by atoms with Crippen LogP contribution in [0.25, 0.3) is 0 Å². The van der Waals surface area contributed by atoms with Crippen LogP contribution in [0, 0.1) is 11.3 Å². The van der Waals surface area contributed by atoms with Crippen LogP contribution in [0.4, 0.5) is 0 Å². The maximum Gasteiger partial charge on any atom is 0.143 e. The molecule has 0 aromatic heterocycles. The van der Waals surface area contributed by atoms with Crippen molar-refractivity contribution in [2.75, 3.05) is 13.1 Å². The number of hydrogen-bond acceptors (Lipinski definition) is 2. The fraction of sp³-hybridized carbons (Fsp3) is 0.533. The van der Waals surface area contributed by atoms with Gasteiger partial charge in [-0.1, -0.05) is 50.0 Å². The maximum absolute atomic E-state index is 12.5. The molecule has 2 atom stereocenters. The second-order valence-electron chi connectivity index (χ2n) is 6.16. The van der Waals surface area contributed by atoms with Crippen LogP contribution in [0.15, 0.2) is 18.2 Å². The molecule has 1 aromatic rings. The van der Waals surface area contributed by atoms with Gasteiger partial charge in [0.15, 0.2) is 0 Å². The summed E-state index contributed by atoms with van der Waals surface area (Å²) in [6, 6.07) is 5.65. The van der Waals surface area contributed by atoms with Crippen molar-refractivity contribution >= 4 is 29.0 Å². The van der Waals surface area contributed by atoms with Gasteiger partial charge in [0.1, 0.15) is 5.78 Å². The number of rotatable bonds is 2. The van der Waals surface area contributed by atoms with Crippen molar-refractivity contribution in [3.05, 3.63) is 33.8 Å². The minimum atomic E-state index is -0.314. The lowest BCUT2D eigenvalue weighted by molar-refractivity contribution is -0.130. The molecule has 1 heterocycles. The van der Waals surface area contributed by atoms with E-state index in [1.165, 1.54) is 0 Å². The van der Waals surface area contributed by atoms with Crippen molar-refractivity contribution in [3.8, 4) is 0 Å². The average Bonchev–Trinajstić information content (AvgIpc) is 2.79. The van der Waals surface area contributed by atoms with Gasteiger partial charge in [-0.15, -0.1) is 0 Å². The van der Waals surface area contributed by atoms with Crippen LogP contribution in [-0.2, 0) is 4.79 Å². The summed E-state index contributed by atoms with van der Waals surface area (Å²) < 4.78 is 0. The highest BCUT2D eigenvalue weighted by atomic mass is 35.5. The van der Waals surface area contributed by atoms with Gasteiger partial charge in [-0.2, -0.15) is 0 Å². The average molecular weight is 300 g/mol. The number of hydrogen-bond donors (Lipinski definition) is 1. The van der Waals surface area contributed by atoms with Crippen molar-refractivity contribution in [1.29, 1.82) is 0 Å². The van der Waals surface area contributed by atoms with Gasteiger partial charge < -0.3 is 5.32 Å². The van der Waals surface area contributed by atoms with Crippen molar-refractivity contribution < 1.29 is 4.79 Å². The normalized spacial score (nSPS) is 23.6. The van der Waals surface area contributed by atoms with E-state index in [0.29, 0.717) is 15.8 Å². The van der Waals surface area contributed by atoms with Crippen molar-refractivity contribution in [3.63, 3.8) is 0 Å². The second kappa shape index (κ2) is 5.43. The highest BCUT2D eigenvalue weighted by molar-refractivity contribution is 6.42. The molecule has 0 bridgehead atoms. The standard InChI is InChI=1S/C15H19Cl2NO/c1-15(2,3)14(19)11-8-18-7-10(11)9-4-5-12(16)13(17)6-9/h4-6,10-11,18H,7-8H2,1-3H3/t10-,11+/m0/s1. The van der Waals surface area contributed by atoms with Gasteiger partial charge in [0, 0.05) is 30.3 Å². The van der Waals surface area contributed by atoms with E-state index in [-0.39, 0.29) is 17.3 Å². The summed E-state index contributed by atoms with van der Waals surface area (Å²) in [6.07, 6.45) is 0. The Labute approximate surface area is 124 Å². The van der Waals surface area contributed by atoms with E-state index in [9.17, 15) is 4.79 Å². The molecule has 0 radical (unpaired) electrons. The van der Waals surface area contributed by atoms with Crippen LogP contribution in [0.1, 0.15) is 32.3 Å². The minimum absolute atomic E-state index is 0.0113. The molecule has 19 heavy (non-hydrogen) atoms. The maximum atomic E-state index is 12.5. The second-order valence-corrected chi connectivity index (χ2v) is 6.97. The Kier molecular flexibility index (Phi) is 4.24. The first-order valence-electron chi connectivity index (χ1n) is 6.50. The van der Waals surface area contributed by atoms with Gasteiger partial charge in [0.2, 0.25) is 0 Å². The summed E-state index contributed by atoms with van der Waals surface area (Å²) in [5.41, 5.74) is 0.771. The molecule has 1 aromatic carbocycles. The van der Waals surface area contributed by atoms with Gasteiger partial charge in [-0.05, 0) is 17.7 Å². The molecule has 0 spiro atoms. The predicted octanol–water partition coefficient (Wildman–Crippen LogP) is 3.91. The quantitative estimate of drug-likeness (QED) is 0.897. The molecule has 104 valence electrons. The number of ketones is 1. The molecule has 0 saturated carbocycles. The van der Waals surface area contributed by atoms with Crippen LogP contribution in [0.3, 0.4) is 0 Å². The summed E-state index contributed by atoms with van der Waals surface area (Å²) in [5, 5.41) is 4.41. The number of carbonyl (C=O) groups excluding carboxylic acids is 1. The van der Waals surface area contributed by atoms with E-state index in [4.69, 9.17) is 23.2 Å². The molecule has 0 aliphatic carbocycles. The highest BCUT2D eigenvalue weighted by Crippen LogP contribution is 2.36. The number of halogens is 2. The van der Waals surface area contributed by atoms with Crippen molar-refractivity contribution in [1.82, 2.24) is 5.32 Å². The summed E-state index contributed by atoms with van der Waals surface area (Å²) in [6.45, 7) is 7.46. The summed E-state index contributed by atoms with van der Waals surface area (Å²) >= 11 is 12.0. The first kappa shape index (κ1) is 14.8. The smallest absolute Gasteiger partial charge is 0.143 e. The Morgan fingerprint density at radius 1 is 1.21 bits per heavy atom. The molecule has 4 heteroatoms. The van der Waals surface area contributed by atoms with Crippen molar-refractivity contribution in [2.24, 2.45) is 11.3 Å². The molecule has 1 aliphatic heterocycles. The van der Waals surface area contributed by atoms with E-state index in [2.05, 4.69) is 5.32 Å². The fourth-order valence-electron chi connectivity index (χ4n) is 2.60. The van der Waals surface area contributed by atoms with E-state index in [1.54, 1.807) is 6.07 Å². The molecule has 2 nitrogen and oxygen atoms in total. The van der Waals surface area contributed by atoms with E-state index >= 15 is 0 Å². The molecule has 0 unspecified atom stereocenters. The Balaban J connectivity index is 2.28. The Morgan fingerprint density at radius 3 is 2.47 bits per heavy atom. The highest BCUT2D eigenvalue weighted by Gasteiger charge is 2.38. The largest absolute Gasteiger partial charge is 0.315 e. The SMILES string of the molecule is CC(C)(C)C(=O)[C@@H]1CNC[C@H]1c1ccc(Cl)c(Cl)c1. The minimum Gasteiger partial charge on any atom is -0.315 e. The van der Waals surface area contributed by atoms with Crippen LogP contribution in [-0.4, -0.2) is 18.9 Å². The molecule has 1 saturated heterocycles. The van der Waals surface area contributed by atoms with Gasteiger partial charge in [0.25, 0.3) is 0 Å². The first-order valence-corrected chi connectivity index (χ1v) is 7.26. The van der Waals surface area contributed by atoms with Crippen LogP contribution >= 0.6 is 23.2 Å². The third kappa shape index (κ3) is 3.13. The number of Topliss-reactive ketones (excluding diaryl/α,β-unsaturated/α-hetero) is 1. The van der Waals surface area contributed by atoms with Gasteiger partial charge >= 0.3 is 0 Å². The number of benzene rings is 1. The molecule has 1 N–H and O–H groups in total. The van der Waals surface area contributed by atoms with Gasteiger partial charge in [0.05, 0.1) is 10.0 Å². The zero-order chi connectivity index (χ0) is 14.2. The molecule has 1 aliphatic rings. The van der Waals surface area contributed by atoms with Gasteiger partial charge in [-0.25, -0.2) is 0 Å². The van der Waals surface area contributed by atoms with Crippen molar-refractivity contribution in [2.45, 2.75) is 26.7 Å². The molecular formula is C15H19Cl2NO. The zero-order valence-electron chi connectivity index (χ0n) is 11.5. The molecular weight excluding hydrogens is 281 g/mol. The fourth-order valence-corrected chi connectivity index (χ4v) is 2.91. The lowest BCUT2D eigenvalue weighted by atomic mass is 9.76. The zero-order valence-corrected chi connectivity index (χ0v) is 13.0. The van der Waals surface area contributed by atoms with E-state index < -0.39 is 0 Å². The lowest BCUT2D eigenvalue weighted by Crippen LogP contribution is -2.32. The molecule has 1 fully saturated rings. The lowest BCUT2D eigenvalue weighted by Gasteiger charge is -2.25. The number of carbonyl (C=O) groups is 1. The number of nitrogens with one attached hydrogen (secondary N) is 1. The topological polar surface area (TPSA) is 29.1 Å². The van der Waals surface area contributed by atoms with E-state index in [1.807, 2.05) is 32.9 Å². The predicted molar refractivity (Wildman–Crippen MR) is 80.0 cm³/mol. The molecule has 2 rings (SSSR count). The van der Waals surface area contributed by atoms with Crippen LogP contribution < -0.4 is 5.32 Å². The monoisotopic (exact) mass is 299 g/mol. The van der Waals surface area contributed by atoms with E-state index in [0.717, 1.165) is 18.7 Å². The van der Waals surface area contributed by atoms with Gasteiger partial charge in [-0.3, -0.25) is 4.79 Å². The summed E-state index contributed by atoms with van der Waals surface area (Å²) in [4.78, 5) is 12.5.